The van der Waals surface area contributed by atoms with Gasteiger partial charge >= 0.3 is 0 Å². The van der Waals surface area contributed by atoms with Gasteiger partial charge in [-0.2, -0.15) is 0 Å². The Bertz CT molecular complexity index is 390. The number of nitrogens with two attached hydrogens (primary N) is 1. The summed E-state index contributed by atoms with van der Waals surface area (Å²) < 4.78 is 0. The van der Waals surface area contributed by atoms with Crippen LogP contribution in [0.4, 0.5) is 0 Å². The molecule has 15 heavy (non-hydrogen) atoms. The molecule has 80 valence electrons. The van der Waals surface area contributed by atoms with E-state index in [1.165, 1.54) is 31.2 Å². The minimum atomic E-state index is 0.532. The Balaban J connectivity index is 2.15. The summed E-state index contributed by atoms with van der Waals surface area (Å²) in [5.74, 6) is 0.625. The van der Waals surface area contributed by atoms with Crippen molar-refractivity contribution >= 4 is 0 Å². The normalized spacial score (nSPS) is 26.4. The zero-order valence-corrected chi connectivity index (χ0v) is 9.42. The van der Waals surface area contributed by atoms with Crippen LogP contribution in [0.25, 0.3) is 0 Å². The highest BCUT2D eigenvalue weighted by molar-refractivity contribution is 5.48. The van der Waals surface area contributed by atoms with E-state index >= 15 is 0 Å². The van der Waals surface area contributed by atoms with E-state index in [9.17, 15) is 0 Å². The van der Waals surface area contributed by atoms with Gasteiger partial charge in [0.2, 0.25) is 0 Å². The lowest BCUT2D eigenvalue weighted by molar-refractivity contribution is 0.232. The maximum absolute atomic E-state index is 5.90. The summed E-state index contributed by atoms with van der Waals surface area (Å²) in [6, 6.07) is 6.75. The quantitative estimate of drug-likeness (QED) is 0.743. The molecule has 0 saturated heterocycles. The van der Waals surface area contributed by atoms with Crippen molar-refractivity contribution in [3.8, 4) is 0 Å². The third-order valence-electron chi connectivity index (χ3n) is 4.51. The fourth-order valence-corrected chi connectivity index (χ4v) is 3.71. The van der Waals surface area contributed by atoms with Gasteiger partial charge in [0.15, 0.2) is 0 Å². The van der Waals surface area contributed by atoms with E-state index in [0.717, 1.165) is 6.54 Å². The molecule has 1 atom stereocenters. The van der Waals surface area contributed by atoms with Crippen molar-refractivity contribution in [2.24, 2.45) is 5.73 Å². The van der Waals surface area contributed by atoms with Crippen LogP contribution in [-0.2, 0) is 5.41 Å². The lowest BCUT2D eigenvalue weighted by Gasteiger charge is -2.40. The van der Waals surface area contributed by atoms with Gasteiger partial charge < -0.3 is 5.73 Å². The summed E-state index contributed by atoms with van der Waals surface area (Å²) in [6.45, 7) is 3.08. The zero-order valence-electron chi connectivity index (χ0n) is 9.42. The van der Waals surface area contributed by atoms with Crippen molar-refractivity contribution in [2.75, 3.05) is 6.54 Å². The predicted octanol–water partition coefficient (Wildman–Crippen LogP) is 2.86. The van der Waals surface area contributed by atoms with Crippen molar-refractivity contribution < 1.29 is 0 Å². The van der Waals surface area contributed by atoms with E-state index in [0.29, 0.717) is 11.3 Å². The second-order valence-electron chi connectivity index (χ2n) is 5.31. The largest absolute Gasteiger partial charge is 0.330 e. The first-order chi connectivity index (χ1) is 7.27. The lowest BCUT2D eigenvalue weighted by Crippen LogP contribution is -2.32. The van der Waals surface area contributed by atoms with Crippen LogP contribution >= 0.6 is 0 Å². The van der Waals surface area contributed by atoms with Crippen molar-refractivity contribution in [3.05, 3.63) is 34.9 Å². The van der Waals surface area contributed by atoms with Gasteiger partial charge in [-0.25, -0.2) is 0 Å². The van der Waals surface area contributed by atoms with Gasteiger partial charge in [-0.15, -0.1) is 0 Å². The van der Waals surface area contributed by atoms with Crippen LogP contribution in [0.5, 0.6) is 0 Å². The predicted molar refractivity (Wildman–Crippen MR) is 63.1 cm³/mol. The molecule has 2 aliphatic carbocycles. The number of fused-ring (bicyclic) bond motifs is 2. The van der Waals surface area contributed by atoms with E-state index in [1.54, 1.807) is 11.1 Å². The summed E-state index contributed by atoms with van der Waals surface area (Å²) in [6.07, 6.45) is 5.50. The second-order valence-corrected chi connectivity index (χ2v) is 5.31. The van der Waals surface area contributed by atoms with Crippen LogP contribution in [0.2, 0.25) is 0 Å². The van der Waals surface area contributed by atoms with E-state index in [2.05, 4.69) is 25.1 Å². The van der Waals surface area contributed by atoms with Gasteiger partial charge in [0.1, 0.15) is 0 Å². The van der Waals surface area contributed by atoms with Gasteiger partial charge in [-0.1, -0.05) is 24.6 Å². The van der Waals surface area contributed by atoms with E-state index in [-0.39, 0.29) is 0 Å². The first-order valence-corrected chi connectivity index (χ1v) is 6.07. The van der Waals surface area contributed by atoms with E-state index < -0.39 is 0 Å². The smallest absolute Gasteiger partial charge is 0.000780 e. The average molecular weight is 201 g/mol. The fraction of sp³-hybridized carbons (Fsp3) is 0.571. The number of hydrogen-bond acceptors (Lipinski definition) is 1. The lowest BCUT2D eigenvalue weighted by atomic mass is 9.64. The van der Waals surface area contributed by atoms with E-state index in [4.69, 9.17) is 5.73 Å². The van der Waals surface area contributed by atoms with Gasteiger partial charge in [-0.05, 0) is 60.8 Å². The van der Waals surface area contributed by atoms with Gasteiger partial charge in [0.25, 0.3) is 0 Å². The molecular formula is C14H19N. The van der Waals surface area contributed by atoms with Crippen LogP contribution in [0.3, 0.4) is 0 Å². The van der Waals surface area contributed by atoms with Crippen molar-refractivity contribution in [2.45, 2.75) is 43.9 Å². The van der Waals surface area contributed by atoms with Crippen LogP contribution in [-0.4, -0.2) is 6.54 Å². The molecule has 0 amide bonds. The summed E-state index contributed by atoms with van der Waals surface area (Å²) in [4.78, 5) is 0. The molecule has 3 rings (SSSR count). The Kier molecular flexibility index (Phi) is 1.93. The maximum Gasteiger partial charge on any atom is -0.000780 e. The zero-order chi connectivity index (χ0) is 10.5. The number of rotatable bonds is 1. The first kappa shape index (κ1) is 9.41. The molecule has 1 aromatic rings. The molecule has 2 aliphatic rings. The Morgan fingerprint density at radius 1 is 1.40 bits per heavy atom. The third-order valence-corrected chi connectivity index (χ3v) is 4.51. The van der Waals surface area contributed by atoms with Crippen LogP contribution in [0.15, 0.2) is 18.2 Å². The molecule has 1 unspecified atom stereocenters. The molecule has 1 heteroatoms. The van der Waals surface area contributed by atoms with Crippen molar-refractivity contribution in [1.29, 1.82) is 0 Å². The Morgan fingerprint density at radius 3 is 2.80 bits per heavy atom. The molecular weight excluding hydrogens is 182 g/mol. The molecule has 0 aromatic heterocycles. The standard InChI is InChI=1S/C14H19N/c1-10-4-2-5-12-11(9-15)8-14(13(10)12)6-3-7-14/h2,4-5,11H,3,6-9,15H2,1H3. The third kappa shape index (κ3) is 1.13. The number of aryl methyl sites for hydroxylation is 1. The maximum atomic E-state index is 5.90. The second kappa shape index (κ2) is 3.08. The number of benzene rings is 1. The van der Waals surface area contributed by atoms with Gasteiger partial charge in [-0.3, -0.25) is 0 Å². The molecule has 0 heterocycles. The van der Waals surface area contributed by atoms with E-state index in [1.807, 2.05) is 0 Å². The molecule has 2 N–H and O–H groups in total. The highest BCUT2D eigenvalue weighted by Crippen LogP contribution is 2.57. The molecule has 0 bridgehead atoms. The molecule has 1 fully saturated rings. The summed E-state index contributed by atoms with van der Waals surface area (Å²) in [7, 11) is 0. The molecule has 1 nitrogen and oxygen atoms in total. The number of hydrogen-bond donors (Lipinski definition) is 1. The summed E-state index contributed by atoms with van der Waals surface area (Å²) >= 11 is 0. The molecule has 0 radical (unpaired) electrons. The molecule has 1 aromatic carbocycles. The average Bonchev–Trinajstić information content (AvgIpc) is 2.53. The molecule has 0 aliphatic heterocycles. The minimum Gasteiger partial charge on any atom is -0.330 e. The Morgan fingerprint density at radius 2 is 2.20 bits per heavy atom. The van der Waals surface area contributed by atoms with Gasteiger partial charge in [0, 0.05) is 0 Å². The highest BCUT2D eigenvalue weighted by Gasteiger charge is 2.47. The summed E-state index contributed by atoms with van der Waals surface area (Å²) in [5.41, 5.74) is 11.1. The van der Waals surface area contributed by atoms with Crippen LogP contribution in [0, 0.1) is 6.92 Å². The van der Waals surface area contributed by atoms with Crippen LogP contribution < -0.4 is 5.73 Å². The highest BCUT2D eigenvalue weighted by atomic mass is 14.6. The molecule has 1 spiro atoms. The first-order valence-electron chi connectivity index (χ1n) is 6.07. The fourth-order valence-electron chi connectivity index (χ4n) is 3.71. The van der Waals surface area contributed by atoms with Gasteiger partial charge in [0.05, 0.1) is 0 Å². The Labute approximate surface area is 91.7 Å². The Hall–Kier alpha value is -0.820. The SMILES string of the molecule is Cc1cccc2c1C1(CCC1)CC2CN. The molecule has 1 saturated carbocycles. The van der Waals surface area contributed by atoms with Crippen molar-refractivity contribution in [1.82, 2.24) is 0 Å². The monoisotopic (exact) mass is 201 g/mol. The van der Waals surface area contributed by atoms with Crippen LogP contribution in [0.1, 0.15) is 48.3 Å². The summed E-state index contributed by atoms with van der Waals surface area (Å²) in [5, 5.41) is 0. The van der Waals surface area contributed by atoms with Crippen molar-refractivity contribution in [3.63, 3.8) is 0 Å². The topological polar surface area (TPSA) is 26.0 Å². The minimum absolute atomic E-state index is 0.532.